The second kappa shape index (κ2) is 8.06. The van der Waals surface area contributed by atoms with Gasteiger partial charge in [-0.2, -0.15) is 4.98 Å². The summed E-state index contributed by atoms with van der Waals surface area (Å²) in [5, 5.41) is 6.79. The van der Waals surface area contributed by atoms with Crippen molar-refractivity contribution in [1.82, 2.24) is 20.4 Å². The van der Waals surface area contributed by atoms with Crippen molar-refractivity contribution in [3.63, 3.8) is 0 Å². The van der Waals surface area contributed by atoms with E-state index < -0.39 is 0 Å². The summed E-state index contributed by atoms with van der Waals surface area (Å²) in [6.07, 6.45) is 2.64. The Bertz CT molecular complexity index is 656. The van der Waals surface area contributed by atoms with Crippen molar-refractivity contribution in [2.45, 2.75) is 39.3 Å². The SMILES string of the molecule is C[C@@H]1CCCN(Cc2nc(CC(=O)NCc3ccccc3)no2)C1. The number of likely N-dealkylation sites (tertiary alicyclic amines) is 1. The number of carbonyl (C=O) groups is 1. The molecule has 0 aliphatic carbocycles. The quantitative estimate of drug-likeness (QED) is 0.880. The molecule has 0 saturated carbocycles. The minimum Gasteiger partial charge on any atom is -0.352 e. The molecule has 1 N–H and O–H groups in total. The Morgan fingerprint density at radius 2 is 2.21 bits per heavy atom. The van der Waals surface area contributed by atoms with Gasteiger partial charge in [0, 0.05) is 13.1 Å². The maximum Gasteiger partial charge on any atom is 0.240 e. The van der Waals surface area contributed by atoms with E-state index in [1.165, 1.54) is 12.8 Å². The van der Waals surface area contributed by atoms with E-state index in [4.69, 9.17) is 4.52 Å². The molecule has 0 spiro atoms. The molecule has 6 heteroatoms. The topological polar surface area (TPSA) is 71.3 Å². The number of aromatic nitrogens is 2. The fourth-order valence-electron chi connectivity index (χ4n) is 3.05. The molecule has 1 aliphatic heterocycles. The van der Waals surface area contributed by atoms with Crippen LogP contribution in [0.2, 0.25) is 0 Å². The van der Waals surface area contributed by atoms with E-state index in [1.807, 2.05) is 30.3 Å². The third kappa shape index (κ3) is 4.89. The number of nitrogens with one attached hydrogen (secondary N) is 1. The van der Waals surface area contributed by atoms with Crippen LogP contribution in [0.3, 0.4) is 0 Å². The Morgan fingerprint density at radius 3 is 3.00 bits per heavy atom. The van der Waals surface area contributed by atoms with Crippen LogP contribution in [0.1, 0.15) is 37.0 Å². The van der Waals surface area contributed by atoms with Crippen LogP contribution in [0.5, 0.6) is 0 Å². The molecule has 0 radical (unpaired) electrons. The predicted octanol–water partition coefficient (Wildman–Crippen LogP) is 2.16. The number of piperidine rings is 1. The van der Waals surface area contributed by atoms with Gasteiger partial charge in [-0.15, -0.1) is 0 Å². The molecule has 128 valence electrons. The largest absolute Gasteiger partial charge is 0.352 e. The molecule has 1 atom stereocenters. The van der Waals surface area contributed by atoms with Gasteiger partial charge in [0.1, 0.15) is 0 Å². The zero-order valence-corrected chi connectivity index (χ0v) is 14.1. The summed E-state index contributed by atoms with van der Waals surface area (Å²) >= 11 is 0. The van der Waals surface area contributed by atoms with Crippen LogP contribution in [-0.2, 0) is 24.3 Å². The van der Waals surface area contributed by atoms with Gasteiger partial charge in [0.05, 0.1) is 13.0 Å². The molecular formula is C18H24N4O2. The van der Waals surface area contributed by atoms with Crippen molar-refractivity contribution < 1.29 is 9.32 Å². The molecule has 1 amide bonds. The molecular weight excluding hydrogens is 304 g/mol. The first-order chi connectivity index (χ1) is 11.7. The molecule has 2 heterocycles. The Balaban J connectivity index is 1.46. The van der Waals surface area contributed by atoms with Crippen molar-refractivity contribution in [2.75, 3.05) is 13.1 Å². The van der Waals surface area contributed by atoms with Gasteiger partial charge in [0.2, 0.25) is 11.8 Å². The molecule has 1 aliphatic rings. The first-order valence-electron chi connectivity index (χ1n) is 8.53. The highest BCUT2D eigenvalue weighted by Gasteiger charge is 2.19. The lowest BCUT2D eigenvalue weighted by molar-refractivity contribution is -0.120. The summed E-state index contributed by atoms with van der Waals surface area (Å²) in [6, 6.07) is 9.82. The molecule has 6 nitrogen and oxygen atoms in total. The molecule has 1 aromatic carbocycles. The molecule has 1 fully saturated rings. The number of carbonyl (C=O) groups excluding carboxylic acids is 1. The summed E-state index contributed by atoms with van der Waals surface area (Å²) in [6.45, 7) is 5.58. The Morgan fingerprint density at radius 1 is 1.38 bits per heavy atom. The highest BCUT2D eigenvalue weighted by atomic mass is 16.5. The minimum absolute atomic E-state index is 0.0993. The average Bonchev–Trinajstić information content (AvgIpc) is 3.01. The summed E-state index contributed by atoms with van der Waals surface area (Å²) in [7, 11) is 0. The maximum absolute atomic E-state index is 12.0. The van der Waals surface area contributed by atoms with Crippen molar-refractivity contribution in [1.29, 1.82) is 0 Å². The smallest absolute Gasteiger partial charge is 0.240 e. The number of rotatable bonds is 6. The Labute approximate surface area is 142 Å². The number of benzene rings is 1. The second-order valence-electron chi connectivity index (χ2n) is 6.53. The lowest BCUT2D eigenvalue weighted by atomic mass is 10.0. The van der Waals surface area contributed by atoms with Crippen LogP contribution >= 0.6 is 0 Å². The highest BCUT2D eigenvalue weighted by Crippen LogP contribution is 2.17. The van der Waals surface area contributed by atoms with Crippen molar-refractivity contribution >= 4 is 5.91 Å². The van der Waals surface area contributed by atoms with E-state index in [0.717, 1.165) is 18.7 Å². The molecule has 1 aromatic heterocycles. The van der Waals surface area contributed by atoms with Gasteiger partial charge in [-0.3, -0.25) is 9.69 Å². The van der Waals surface area contributed by atoms with Gasteiger partial charge in [-0.1, -0.05) is 42.4 Å². The second-order valence-corrected chi connectivity index (χ2v) is 6.53. The van der Waals surface area contributed by atoms with E-state index in [9.17, 15) is 4.79 Å². The monoisotopic (exact) mass is 328 g/mol. The summed E-state index contributed by atoms with van der Waals surface area (Å²) in [5.41, 5.74) is 1.07. The standard InChI is InChI=1S/C18H24N4O2/c1-14-6-5-9-22(12-14)13-18-20-16(21-24-18)10-17(23)19-11-15-7-3-2-4-8-15/h2-4,7-8,14H,5-6,9-13H2,1H3,(H,19,23)/t14-/m1/s1. The van der Waals surface area contributed by atoms with Gasteiger partial charge >= 0.3 is 0 Å². The third-order valence-corrected chi connectivity index (χ3v) is 4.26. The number of nitrogens with zero attached hydrogens (tertiary/aromatic N) is 3. The summed E-state index contributed by atoms with van der Waals surface area (Å²) < 4.78 is 5.28. The van der Waals surface area contributed by atoms with Crippen LogP contribution in [-0.4, -0.2) is 34.0 Å². The van der Waals surface area contributed by atoms with Crippen LogP contribution < -0.4 is 5.32 Å². The first-order valence-corrected chi connectivity index (χ1v) is 8.53. The van der Waals surface area contributed by atoms with Gasteiger partial charge in [-0.05, 0) is 30.9 Å². The number of hydrogen-bond donors (Lipinski definition) is 1. The predicted molar refractivity (Wildman–Crippen MR) is 90.0 cm³/mol. The molecule has 2 aromatic rings. The van der Waals surface area contributed by atoms with E-state index >= 15 is 0 Å². The number of amides is 1. The molecule has 3 rings (SSSR count). The van der Waals surface area contributed by atoms with Crippen LogP contribution in [0.25, 0.3) is 0 Å². The van der Waals surface area contributed by atoms with E-state index in [1.54, 1.807) is 0 Å². The Kier molecular flexibility index (Phi) is 5.59. The minimum atomic E-state index is -0.0993. The fourth-order valence-corrected chi connectivity index (χ4v) is 3.05. The zero-order valence-electron chi connectivity index (χ0n) is 14.1. The van der Waals surface area contributed by atoms with Crippen LogP contribution in [0.4, 0.5) is 0 Å². The first kappa shape index (κ1) is 16.6. The van der Waals surface area contributed by atoms with Crippen molar-refractivity contribution in [3.8, 4) is 0 Å². The van der Waals surface area contributed by atoms with Crippen LogP contribution in [0.15, 0.2) is 34.9 Å². The number of hydrogen-bond acceptors (Lipinski definition) is 5. The normalized spacial score (nSPS) is 18.5. The van der Waals surface area contributed by atoms with Gasteiger partial charge in [0.15, 0.2) is 5.82 Å². The van der Waals surface area contributed by atoms with E-state index in [2.05, 4.69) is 27.3 Å². The third-order valence-electron chi connectivity index (χ3n) is 4.26. The highest BCUT2D eigenvalue weighted by molar-refractivity contribution is 5.77. The average molecular weight is 328 g/mol. The lowest BCUT2D eigenvalue weighted by Gasteiger charge is -2.29. The fraction of sp³-hybridized carbons (Fsp3) is 0.500. The van der Waals surface area contributed by atoms with Crippen molar-refractivity contribution in [3.05, 3.63) is 47.6 Å². The lowest BCUT2D eigenvalue weighted by Crippen LogP contribution is -2.33. The molecule has 1 saturated heterocycles. The summed E-state index contributed by atoms with van der Waals surface area (Å²) in [4.78, 5) is 18.7. The van der Waals surface area contributed by atoms with Crippen LogP contribution in [0, 0.1) is 5.92 Å². The van der Waals surface area contributed by atoms with E-state index in [0.29, 0.717) is 30.7 Å². The maximum atomic E-state index is 12.0. The van der Waals surface area contributed by atoms with Gasteiger partial charge < -0.3 is 9.84 Å². The molecule has 24 heavy (non-hydrogen) atoms. The van der Waals surface area contributed by atoms with Crippen molar-refractivity contribution in [2.24, 2.45) is 5.92 Å². The van der Waals surface area contributed by atoms with Gasteiger partial charge in [0.25, 0.3) is 0 Å². The Hall–Kier alpha value is -2.21. The van der Waals surface area contributed by atoms with Gasteiger partial charge in [-0.25, -0.2) is 0 Å². The van der Waals surface area contributed by atoms with E-state index in [-0.39, 0.29) is 12.3 Å². The summed E-state index contributed by atoms with van der Waals surface area (Å²) in [5.74, 6) is 1.65. The molecule has 0 unspecified atom stereocenters. The molecule has 0 bridgehead atoms. The zero-order chi connectivity index (χ0) is 16.8.